The predicted octanol–water partition coefficient (Wildman–Crippen LogP) is 3.39. The Labute approximate surface area is 122 Å². The number of methoxy groups -OCH3 is 1. The molecule has 2 aromatic rings. The highest BCUT2D eigenvalue weighted by Crippen LogP contribution is 2.26. The van der Waals surface area contributed by atoms with Crippen molar-refractivity contribution < 1.29 is 9.13 Å². The van der Waals surface area contributed by atoms with Gasteiger partial charge >= 0.3 is 0 Å². The molecule has 1 aromatic heterocycles. The van der Waals surface area contributed by atoms with Gasteiger partial charge in [0, 0.05) is 18.4 Å². The normalized spacial score (nSPS) is 12.2. The van der Waals surface area contributed by atoms with E-state index in [-0.39, 0.29) is 17.6 Å². The minimum absolute atomic E-state index is 0.0180. The van der Waals surface area contributed by atoms with E-state index in [1.807, 2.05) is 13.1 Å². The third kappa shape index (κ3) is 3.26. The minimum Gasteiger partial charge on any atom is -0.494 e. The van der Waals surface area contributed by atoms with Crippen LogP contribution in [-0.2, 0) is 6.42 Å². The average molecular weight is 295 g/mol. The Bertz CT molecular complexity index is 592. The van der Waals surface area contributed by atoms with E-state index in [0.717, 1.165) is 11.1 Å². The summed E-state index contributed by atoms with van der Waals surface area (Å²) in [6, 6.07) is 6.75. The molecule has 0 aliphatic rings. The Kier molecular flexibility index (Phi) is 4.93. The number of likely N-dealkylation sites (N-methyl/N-ethyl adjacent to an activating group) is 1. The summed E-state index contributed by atoms with van der Waals surface area (Å²) in [4.78, 5) is 3.97. The molecule has 0 aliphatic heterocycles. The Morgan fingerprint density at radius 2 is 2.20 bits per heavy atom. The quantitative estimate of drug-likeness (QED) is 0.918. The van der Waals surface area contributed by atoms with Crippen LogP contribution in [0.5, 0.6) is 5.75 Å². The Morgan fingerprint density at radius 3 is 2.85 bits per heavy atom. The summed E-state index contributed by atoms with van der Waals surface area (Å²) in [6.07, 6.45) is 4.01. The van der Waals surface area contributed by atoms with Crippen LogP contribution in [0.2, 0.25) is 5.02 Å². The van der Waals surface area contributed by atoms with Crippen LogP contribution in [0, 0.1) is 5.82 Å². The van der Waals surface area contributed by atoms with E-state index in [9.17, 15) is 4.39 Å². The van der Waals surface area contributed by atoms with Gasteiger partial charge in [-0.3, -0.25) is 4.98 Å². The van der Waals surface area contributed by atoms with E-state index in [4.69, 9.17) is 16.3 Å². The molecule has 0 aliphatic carbocycles. The van der Waals surface area contributed by atoms with Gasteiger partial charge in [0.1, 0.15) is 0 Å². The zero-order valence-electron chi connectivity index (χ0n) is 11.4. The van der Waals surface area contributed by atoms with Gasteiger partial charge in [0.2, 0.25) is 0 Å². The summed E-state index contributed by atoms with van der Waals surface area (Å²) < 4.78 is 18.5. The van der Waals surface area contributed by atoms with E-state index in [1.165, 1.54) is 13.2 Å². The van der Waals surface area contributed by atoms with Crippen LogP contribution in [-0.4, -0.2) is 19.1 Å². The fraction of sp³-hybridized carbons (Fsp3) is 0.267. The van der Waals surface area contributed by atoms with E-state index >= 15 is 0 Å². The van der Waals surface area contributed by atoms with Crippen molar-refractivity contribution in [1.29, 1.82) is 0 Å². The number of nitrogens with zero attached hydrogens (tertiary/aromatic N) is 1. The average Bonchev–Trinajstić information content (AvgIpc) is 2.47. The molecular weight excluding hydrogens is 279 g/mol. The largest absolute Gasteiger partial charge is 0.494 e. The third-order valence-corrected chi connectivity index (χ3v) is 3.55. The van der Waals surface area contributed by atoms with E-state index in [1.54, 1.807) is 24.5 Å². The van der Waals surface area contributed by atoms with Crippen molar-refractivity contribution >= 4 is 11.6 Å². The molecule has 1 heterocycles. The number of pyridine rings is 1. The number of nitrogens with one attached hydrogen (secondary N) is 1. The van der Waals surface area contributed by atoms with Crippen LogP contribution in [0.3, 0.4) is 0 Å². The molecule has 0 amide bonds. The van der Waals surface area contributed by atoms with Crippen molar-refractivity contribution in [3.8, 4) is 5.75 Å². The Balaban J connectivity index is 2.26. The van der Waals surface area contributed by atoms with Crippen molar-refractivity contribution in [3.63, 3.8) is 0 Å². The summed E-state index contributed by atoms with van der Waals surface area (Å²) >= 11 is 6.12. The Hall–Kier alpha value is -1.65. The first-order chi connectivity index (χ1) is 9.65. The maximum Gasteiger partial charge on any atom is 0.165 e. The standard InChI is InChI=1S/C15H16ClFN2O/c1-18-14(7-10-5-6-19-9-12(10)16)11-3-4-13(17)15(8-11)20-2/h3-6,8-9,14,18H,7H2,1-2H3. The van der Waals surface area contributed by atoms with Crippen molar-refractivity contribution in [2.45, 2.75) is 12.5 Å². The first-order valence-electron chi connectivity index (χ1n) is 6.24. The highest BCUT2D eigenvalue weighted by Gasteiger charge is 2.14. The zero-order chi connectivity index (χ0) is 14.5. The molecule has 5 heteroatoms. The summed E-state index contributed by atoms with van der Waals surface area (Å²) in [5.74, 6) is -0.128. The molecule has 3 nitrogen and oxygen atoms in total. The topological polar surface area (TPSA) is 34.2 Å². The van der Waals surface area contributed by atoms with Crippen LogP contribution in [0.4, 0.5) is 4.39 Å². The lowest BCUT2D eigenvalue weighted by molar-refractivity contribution is 0.385. The first-order valence-corrected chi connectivity index (χ1v) is 6.62. The van der Waals surface area contributed by atoms with Crippen LogP contribution in [0.1, 0.15) is 17.2 Å². The summed E-state index contributed by atoms with van der Waals surface area (Å²) in [5.41, 5.74) is 1.93. The maximum atomic E-state index is 13.5. The smallest absolute Gasteiger partial charge is 0.165 e. The van der Waals surface area contributed by atoms with Gasteiger partial charge in [-0.15, -0.1) is 0 Å². The lowest BCUT2D eigenvalue weighted by atomic mass is 9.99. The minimum atomic E-state index is -0.368. The number of rotatable bonds is 5. The molecule has 1 N–H and O–H groups in total. The van der Waals surface area contributed by atoms with Crippen LogP contribution >= 0.6 is 11.6 Å². The lowest BCUT2D eigenvalue weighted by Gasteiger charge is -2.18. The number of aromatic nitrogens is 1. The molecule has 20 heavy (non-hydrogen) atoms. The number of hydrogen-bond donors (Lipinski definition) is 1. The molecule has 0 spiro atoms. The number of ether oxygens (including phenoxy) is 1. The van der Waals surface area contributed by atoms with Gasteiger partial charge < -0.3 is 10.1 Å². The molecule has 0 saturated carbocycles. The molecule has 1 atom stereocenters. The molecule has 1 aromatic carbocycles. The predicted molar refractivity (Wildman–Crippen MR) is 77.7 cm³/mol. The van der Waals surface area contributed by atoms with E-state index in [0.29, 0.717) is 11.4 Å². The lowest BCUT2D eigenvalue weighted by Crippen LogP contribution is -2.19. The fourth-order valence-electron chi connectivity index (χ4n) is 2.07. The Morgan fingerprint density at radius 1 is 1.40 bits per heavy atom. The van der Waals surface area contributed by atoms with Gasteiger partial charge in [-0.25, -0.2) is 4.39 Å². The SMILES string of the molecule is CNC(Cc1ccncc1Cl)c1ccc(F)c(OC)c1. The van der Waals surface area contributed by atoms with Gasteiger partial charge in [0.25, 0.3) is 0 Å². The first kappa shape index (κ1) is 14.8. The number of halogens is 2. The zero-order valence-corrected chi connectivity index (χ0v) is 12.1. The van der Waals surface area contributed by atoms with Crippen LogP contribution < -0.4 is 10.1 Å². The molecule has 0 fully saturated rings. The van der Waals surface area contributed by atoms with Gasteiger partial charge in [-0.05, 0) is 42.8 Å². The second kappa shape index (κ2) is 6.68. The highest BCUT2D eigenvalue weighted by molar-refractivity contribution is 6.31. The second-order valence-electron chi connectivity index (χ2n) is 4.41. The fourth-order valence-corrected chi connectivity index (χ4v) is 2.27. The second-order valence-corrected chi connectivity index (χ2v) is 4.81. The van der Waals surface area contributed by atoms with Crippen molar-refractivity contribution in [2.75, 3.05) is 14.2 Å². The molecule has 106 valence electrons. The summed E-state index contributed by atoms with van der Waals surface area (Å²) in [7, 11) is 3.31. The highest BCUT2D eigenvalue weighted by atomic mass is 35.5. The van der Waals surface area contributed by atoms with Crippen molar-refractivity contribution in [1.82, 2.24) is 10.3 Å². The number of benzene rings is 1. The third-order valence-electron chi connectivity index (χ3n) is 3.21. The van der Waals surface area contributed by atoms with Gasteiger partial charge in [-0.1, -0.05) is 17.7 Å². The summed E-state index contributed by atoms with van der Waals surface area (Å²) in [5, 5.41) is 3.83. The van der Waals surface area contributed by atoms with Gasteiger partial charge in [-0.2, -0.15) is 0 Å². The van der Waals surface area contributed by atoms with Crippen LogP contribution in [0.15, 0.2) is 36.7 Å². The van der Waals surface area contributed by atoms with Gasteiger partial charge in [0.15, 0.2) is 11.6 Å². The van der Waals surface area contributed by atoms with E-state index in [2.05, 4.69) is 10.3 Å². The molecule has 0 radical (unpaired) electrons. The molecular formula is C15H16ClFN2O. The van der Waals surface area contributed by atoms with Crippen molar-refractivity contribution in [2.24, 2.45) is 0 Å². The van der Waals surface area contributed by atoms with Crippen molar-refractivity contribution in [3.05, 3.63) is 58.6 Å². The molecule has 0 saturated heterocycles. The summed E-state index contributed by atoms with van der Waals surface area (Å²) in [6.45, 7) is 0. The van der Waals surface area contributed by atoms with Crippen LogP contribution in [0.25, 0.3) is 0 Å². The maximum absolute atomic E-state index is 13.5. The van der Waals surface area contributed by atoms with E-state index < -0.39 is 0 Å². The number of hydrogen-bond acceptors (Lipinski definition) is 3. The monoisotopic (exact) mass is 294 g/mol. The molecule has 2 rings (SSSR count). The molecule has 0 bridgehead atoms. The van der Waals surface area contributed by atoms with Gasteiger partial charge in [0.05, 0.1) is 12.1 Å². The molecule has 1 unspecified atom stereocenters.